The zero-order valence-corrected chi connectivity index (χ0v) is 8.60. The van der Waals surface area contributed by atoms with E-state index in [-0.39, 0.29) is 12.2 Å². The highest BCUT2D eigenvalue weighted by Gasteiger charge is 2.11. The molecule has 0 aromatic heterocycles. The molecular formula is C9H8BrFO2. The van der Waals surface area contributed by atoms with Crippen molar-refractivity contribution in [2.24, 2.45) is 0 Å². The van der Waals surface area contributed by atoms with Crippen LogP contribution >= 0.6 is 15.9 Å². The molecule has 2 nitrogen and oxygen atoms in total. The summed E-state index contributed by atoms with van der Waals surface area (Å²) in [6, 6.07) is 3.21. The van der Waals surface area contributed by atoms with Gasteiger partial charge < -0.3 is 9.53 Å². The van der Waals surface area contributed by atoms with Crippen molar-refractivity contribution < 1.29 is 13.9 Å². The lowest BCUT2D eigenvalue weighted by Gasteiger charge is -2.06. The minimum absolute atomic E-state index is 0.0650. The predicted octanol–water partition coefficient (Wildman–Crippen LogP) is 2.34. The highest BCUT2D eigenvalue weighted by Crippen LogP contribution is 2.29. The molecule has 0 spiro atoms. The largest absolute Gasteiger partial charge is 0.492 e. The van der Waals surface area contributed by atoms with Crippen molar-refractivity contribution in [3.8, 4) is 5.75 Å². The minimum Gasteiger partial charge on any atom is -0.492 e. The molecule has 1 rings (SSSR count). The number of carbonyl (C=O) groups is 1. The monoisotopic (exact) mass is 246 g/mol. The Bertz CT molecular complexity index is 326. The number of hydrogen-bond acceptors (Lipinski definition) is 2. The molecule has 0 bridgehead atoms. The van der Waals surface area contributed by atoms with Gasteiger partial charge in [0.15, 0.2) is 11.6 Å². The van der Waals surface area contributed by atoms with Crippen LogP contribution in [0.15, 0.2) is 16.6 Å². The summed E-state index contributed by atoms with van der Waals surface area (Å²) < 4.78 is 18.8. The molecule has 0 saturated carbocycles. The van der Waals surface area contributed by atoms with Crippen LogP contribution in [-0.4, -0.2) is 13.4 Å². The average Bonchev–Trinajstić information content (AvgIpc) is 2.11. The number of carbonyl (C=O) groups excluding carboxylic acids is 1. The van der Waals surface area contributed by atoms with Gasteiger partial charge in [-0.25, -0.2) is 4.39 Å². The van der Waals surface area contributed by atoms with E-state index in [9.17, 15) is 9.18 Å². The summed E-state index contributed by atoms with van der Waals surface area (Å²) in [5.74, 6) is -0.344. The zero-order valence-electron chi connectivity index (χ0n) is 7.01. The maximum Gasteiger partial charge on any atom is 0.169 e. The fourth-order valence-electron chi connectivity index (χ4n) is 1.01. The lowest BCUT2D eigenvalue weighted by Crippen LogP contribution is -1.96. The number of halogens is 2. The Morgan fingerprint density at radius 2 is 2.31 bits per heavy atom. The number of hydrogen-bond donors (Lipinski definition) is 0. The van der Waals surface area contributed by atoms with Crippen molar-refractivity contribution >= 4 is 22.2 Å². The minimum atomic E-state index is -0.482. The molecule has 0 atom stereocenters. The predicted molar refractivity (Wildman–Crippen MR) is 50.4 cm³/mol. The quantitative estimate of drug-likeness (QED) is 0.766. The van der Waals surface area contributed by atoms with Crippen LogP contribution < -0.4 is 4.74 Å². The Labute approximate surface area is 83.8 Å². The fraction of sp³-hybridized carbons (Fsp3) is 0.222. The summed E-state index contributed by atoms with van der Waals surface area (Å²) in [6.07, 6.45) is 0.723. The Balaban J connectivity index is 3.18. The first kappa shape index (κ1) is 10.2. The first-order valence-electron chi connectivity index (χ1n) is 3.65. The summed E-state index contributed by atoms with van der Waals surface area (Å²) in [4.78, 5) is 10.2. The summed E-state index contributed by atoms with van der Waals surface area (Å²) in [7, 11) is 1.38. The summed E-state index contributed by atoms with van der Waals surface area (Å²) >= 11 is 3.14. The van der Waals surface area contributed by atoms with E-state index in [0.717, 1.165) is 0 Å². The smallest absolute Gasteiger partial charge is 0.169 e. The zero-order chi connectivity index (χ0) is 9.84. The maximum atomic E-state index is 13.4. The molecule has 4 heteroatoms. The van der Waals surface area contributed by atoms with Crippen molar-refractivity contribution in [3.63, 3.8) is 0 Å². The van der Waals surface area contributed by atoms with Crippen LogP contribution in [0.4, 0.5) is 4.39 Å². The molecule has 1 aromatic carbocycles. The van der Waals surface area contributed by atoms with E-state index in [2.05, 4.69) is 15.9 Å². The van der Waals surface area contributed by atoms with Crippen LogP contribution in [0, 0.1) is 5.82 Å². The van der Waals surface area contributed by atoms with Crippen molar-refractivity contribution in [1.82, 2.24) is 0 Å². The third-order valence-electron chi connectivity index (χ3n) is 1.64. The lowest BCUT2D eigenvalue weighted by atomic mass is 10.1. The molecule has 0 fully saturated rings. The Kier molecular flexibility index (Phi) is 3.42. The number of benzene rings is 1. The van der Waals surface area contributed by atoms with Crippen LogP contribution in [0.5, 0.6) is 5.75 Å². The van der Waals surface area contributed by atoms with Gasteiger partial charge in [0.2, 0.25) is 0 Å². The first-order valence-corrected chi connectivity index (χ1v) is 4.44. The molecule has 13 heavy (non-hydrogen) atoms. The summed E-state index contributed by atoms with van der Waals surface area (Å²) in [5, 5.41) is 0. The second kappa shape index (κ2) is 4.37. The topological polar surface area (TPSA) is 26.3 Å². The fourth-order valence-corrected chi connectivity index (χ4v) is 1.48. The van der Waals surface area contributed by atoms with E-state index in [0.29, 0.717) is 16.3 Å². The van der Waals surface area contributed by atoms with E-state index in [1.54, 1.807) is 12.1 Å². The number of rotatable bonds is 3. The number of methoxy groups -OCH3 is 1. The molecule has 0 aliphatic rings. The van der Waals surface area contributed by atoms with E-state index >= 15 is 0 Å². The molecule has 0 saturated heterocycles. The van der Waals surface area contributed by atoms with Crippen LogP contribution in [0.3, 0.4) is 0 Å². The van der Waals surface area contributed by atoms with Gasteiger partial charge in [-0.3, -0.25) is 0 Å². The maximum absolute atomic E-state index is 13.4. The van der Waals surface area contributed by atoms with Gasteiger partial charge in [0.25, 0.3) is 0 Å². The van der Waals surface area contributed by atoms with Gasteiger partial charge in [0.05, 0.1) is 11.6 Å². The second-order valence-corrected chi connectivity index (χ2v) is 3.28. The van der Waals surface area contributed by atoms with E-state index in [1.165, 1.54) is 7.11 Å². The van der Waals surface area contributed by atoms with Gasteiger partial charge in [-0.1, -0.05) is 6.07 Å². The molecule has 0 radical (unpaired) electrons. The molecular weight excluding hydrogens is 239 g/mol. The van der Waals surface area contributed by atoms with Crippen molar-refractivity contribution in [1.29, 1.82) is 0 Å². The van der Waals surface area contributed by atoms with Gasteiger partial charge >= 0.3 is 0 Å². The Morgan fingerprint density at radius 3 is 2.85 bits per heavy atom. The van der Waals surface area contributed by atoms with Gasteiger partial charge in [0.1, 0.15) is 6.29 Å². The van der Waals surface area contributed by atoms with E-state index in [4.69, 9.17) is 4.74 Å². The molecule has 0 aliphatic heterocycles. The van der Waals surface area contributed by atoms with Gasteiger partial charge in [0, 0.05) is 6.42 Å². The molecule has 0 amide bonds. The highest BCUT2D eigenvalue weighted by molar-refractivity contribution is 9.10. The van der Waals surface area contributed by atoms with Crippen molar-refractivity contribution in [2.45, 2.75) is 6.42 Å². The number of aldehydes is 1. The first-order chi connectivity index (χ1) is 6.20. The normalized spacial score (nSPS) is 9.77. The van der Waals surface area contributed by atoms with Crippen LogP contribution in [0.25, 0.3) is 0 Å². The van der Waals surface area contributed by atoms with Gasteiger partial charge in [-0.2, -0.15) is 0 Å². The third kappa shape index (κ3) is 2.06. The van der Waals surface area contributed by atoms with Gasteiger partial charge in [-0.15, -0.1) is 0 Å². The average molecular weight is 247 g/mol. The van der Waals surface area contributed by atoms with E-state index < -0.39 is 5.82 Å². The molecule has 0 heterocycles. The molecule has 0 unspecified atom stereocenters. The molecule has 0 N–H and O–H groups in total. The lowest BCUT2D eigenvalue weighted by molar-refractivity contribution is -0.107. The molecule has 1 aromatic rings. The van der Waals surface area contributed by atoms with Gasteiger partial charge in [-0.05, 0) is 27.6 Å². The van der Waals surface area contributed by atoms with Crippen LogP contribution in [0.1, 0.15) is 5.56 Å². The summed E-state index contributed by atoms with van der Waals surface area (Å²) in [5.41, 5.74) is 0.343. The standard InChI is InChI=1S/C9H8BrFO2/c1-13-9-7(10)3-2-6(4-5-12)8(9)11/h2-3,5H,4H2,1H3. The highest BCUT2D eigenvalue weighted by atomic mass is 79.9. The van der Waals surface area contributed by atoms with Crippen LogP contribution in [-0.2, 0) is 11.2 Å². The van der Waals surface area contributed by atoms with Crippen molar-refractivity contribution in [3.05, 3.63) is 28.0 Å². The van der Waals surface area contributed by atoms with Crippen LogP contribution in [0.2, 0.25) is 0 Å². The Hall–Kier alpha value is -0.900. The summed E-state index contributed by atoms with van der Waals surface area (Å²) in [6.45, 7) is 0. The molecule has 0 aliphatic carbocycles. The second-order valence-electron chi connectivity index (χ2n) is 2.42. The van der Waals surface area contributed by atoms with E-state index in [1.807, 2.05) is 0 Å². The SMILES string of the molecule is COc1c(Br)ccc(CC=O)c1F. The molecule has 70 valence electrons. The van der Waals surface area contributed by atoms with Crippen molar-refractivity contribution in [2.75, 3.05) is 7.11 Å². The Morgan fingerprint density at radius 1 is 1.62 bits per heavy atom. The third-order valence-corrected chi connectivity index (χ3v) is 2.26. The number of ether oxygens (including phenoxy) is 1.